The van der Waals surface area contributed by atoms with Crippen molar-refractivity contribution in [1.29, 1.82) is 0 Å². The number of amides is 1. The van der Waals surface area contributed by atoms with Gasteiger partial charge in [0.05, 0.1) is 0 Å². The molecule has 2 rings (SSSR count). The quantitative estimate of drug-likeness (QED) is 0.658. The van der Waals surface area contributed by atoms with Gasteiger partial charge in [0.15, 0.2) is 6.61 Å². The van der Waals surface area contributed by atoms with Gasteiger partial charge in [-0.2, -0.15) is 11.3 Å². The highest BCUT2D eigenvalue weighted by molar-refractivity contribution is 7.08. The third-order valence-corrected chi connectivity index (χ3v) is 3.44. The predicted octanol–water partition coefficient (Wildman–Crippen LogP) is 2.76. The fraction of sp³-hybridized carbons (Fsp3) is 0.125. The number of halogens is 1. The molecule has 0 fully saturated rings. The zero-order chi connectivity index (χ0) is 15.8. The molecule has 4 nitrogen and oxygen atoms in total. The number of carbonyl (C=O) groups is 2. The Kier molecular flexibility index (Phi) is 5.85. The van der Waals surface area contributed by atoms with Crippen molar-refractivity contribution in [2.45, 2.75) is 6.54 Å². The molecule has 1 N–H and O–H groups in total. The van der Waals surface area contributed by atoms with Crippen molar-refractivity contribution >= 4 is 29.3 Å². The number of carbonyl (C=O) groups excluding carboxylic acids is 2. The van der Waals surface area contributed by atoms with Gasteiger partial charge < -0.3 is 10.1 Å². The third kappa shape index (κ3) is 5.14. The summed E-state index contributed by atoms with van der Waals surface area (Å²) in [4.78, 5) is 23.0. The van der Waals surface area contributed by atoms with Gasteiger partial charge in [-0.25, -0.2) is 9.18 Å². The van der Waals surface area contributed by atoms with Crippen LogP contribution in [-0.4, -0.2) is 18.5 Å². The molecule has 0 aliphatic carbocycles. The van der Waals surface area contributed by atoms with Crippen LogP contribution in [0.15, 0.2) is 47.2 Å². The highest BCUT2D eigenvalue weighted by Gasteiger charge is 2.06. The molecule has 1 amide bonds. The van der Waals surface area contributed by atoms with Gasteiger partial charge in [-0.15, -0.1) is 0 Å². The van der Waals surface area contributed by atoms with Gasteiger partial charge >= 0.3 is 5.97 Å². The highest BCUT2D eigenvalue weighted by Crippen LogP contribution is 2.07. The number of hydrogen-bond donors (Lipinski definition) is 1. The number of benzene rings is 1. The van der Waals surface area contributed by atoms with E-state index in [2.05, 4.69) is 5.32 Å². The van der Waals surface area contributed by atoms with Crippen LogP contribution in [0.1, 0.15) is 11.1 Å². The first-order valence-electron chi connectivity index (χ1n) is 6.52. The Morgan fingerprint density at radius 1 is 1.27 bits per heavy atom. The van der Waals surface area contributed by atoms with Crippen LogP contribution in [0, 0.1) is 5.82 Å². The van der Waals surface area contributed by atoms with E-state index in [4.69, 9.17) is 4.74 Å². The van der Waals surface area contributed by atoms with Gasteiger partial charge in [0.1, 0.15) is 5.82 Å². The lowest BCUT2D eigenvalue weighted by Crippen LogP contribution is -2.28. The lowest BCUT2D eigenvalue weighted by molar-refractivity contribution is -0.143. The van der Waals surface area contributed by atoms with E-state index in [1.807, 2.05) is 16.8 Å². The molecule has 0 spiro atoms. The predicted molar refractivity (Wildman–Crippen MR) is 82.6 cm³/mol. The molecular formula is C16H14FNO3S. The van der Waals surface area contributed by atoms with Crippen molar-refractivity contribution in [2.24, 2.45) is 0 Å². The topological polar surface area (TPSA) is 55.4 Å². The molecule has 0 aliphatic heterocycles. The van der Waals surface area contributed by atoms with Gasteiger partial charge in [-0.1, -0.05) is 18.2 Å². The van der Waals surface area contributed by atoms with Crippen molar-refractivity contribution < 1.29 is 18.7 Å². The van der Waals surface area contributed by atoms with Gasteiger partial charge in [-0.05, 0) is 34.5 Å². The Bertz CT molecular complexity index is 668. The van der Waals surface area contributed by atoms with Crippen LogP contribution in [-0.2, 0) is 20.9 Å². The number of hydrogen-bond acceptors (Lipinski definition) is 4. The Labute approximate surface area is 131 Å². The summed E-state index contributed by atoms with van der Waals surface area (Å²) in [6.45, 7) is -0.352. The SMILES string of the molecule is O=C(COC(=O)/C=C/c1ccsc1)NCc1ccccc1F. The Morgan fingerprint density at radius 2 is 2.09 bits per heavy atom. The van der Waals surface area contributed by atoms with E-state index < -0.39 is 24.3 Å². The average Bonchev–Trinajstić information content (AvgIpc) is 3.03. The number of esters is 1. The Balaban J connectivity index is 1.71. The summed E-state index contributed by atoms with van der Waals surface area (Å²) >= 11 is 1.52. The third-order valence-electron chi connectivity index (χ3n) is 2.73. The number of nitrogens with one attached hydrogen (secondary N) is 1. The monoisotopic (exact) mass is 319 g/mol. The minimum Gasteiger partial charge on any atom is -0.452 e. The van der Waals surface area contributed by atoms with Crippen molar-refractivity contribution in [3.05, 3.63) is 64.1 Å². The van der Waals surface area contributed by atoms with Crippen LogP contribution in [0.3, 0.4) is 0 Å². The average molecular weight is 319 g/mol. The van der Waals surface area contributed by atoms with E-state index >= 15 is 0 Å². The molecule has 0 saturated carbocycles. The number of rotatable bonds is 6. The van der Waals surface area contributed by atoms with Crippen LogP contribution in [0.5, 0.6) is 0 Å². The van der Waals surface area contributed by atoms with Gasteiger partial charge in [0, 0.05) is 18.2 Å². The standard InChI is InChI=1S/C16H14FNO3S/c17-14-4-2-1-3-13(14)9-18-15(19)10-21-16(20)6-5-12-7-8-22-11-12/h1-8,11H,9-10H2,(H,18,19)/b6-5+. The molecule has 0 atom stereocenters. The van der Waals surface area contributed by atoms with Crippen molar-refractivity contribution in [3.8, 4) is 0 Å². The van der Waals surface area contributed by atoms with Crippen LogP contribution in [0.2, 0.25) is 0 Å². The minimum atomic E-state index is -0.604. The van der Waals surface area contributed by atoms with E-state index in [-0.39, 0.29) is 6.54 Å². The fourth-order valence-corrected chi connectivity index (χ4v) is 2.23. The second-order valence-electron chi connectivity index (χ2n) is 4.37. The summed E-state index contributed by atoms with van der Waals surface area (Å²) in [7, 11) is 0. The van der Waals surface area contributed by atoms with Crippen molar-refractivity contribution in [1.82, 2.24) is 5.32 Å². The van der Waals surface area contributed by atoms with Crippen LogP contribution >= 0.6 is 11.3 Å². The molecule has 6 heteroatoms. The largest absolute Gasteiger partial charge is 0.452 e. The molecule has 0 saturated heterocycles. The molecule has 1 heterocycles. The van der Waals surface area contributed by atoms with Crippen molar-refractivity contribution in [2.75, 3.05) is 6.61 Å². The molecule has 22 heavy (non-hydrogen) atoms. The van der Waals surface area contributed by atoms with E-state index in [0.29, 0.717) is 5.56 Å². The summed E-state index contributed by atoms with van der Waals surface area (Å²) in [6.07, 6.45) is 2.86. The number of ether oxygens (including phenoxy) is 1. The lowest BCUT2D eigenvalue weighted by Gasteiger charge is -2.06. The molecule has 0 unspecified atom stereocenters. The zero-order valence-electron chi connectivity index (χ0n) is 11.6. The smallest absolute Gasteiger partial charge is 0.331 e. The first kappa shape index (κ1) is 15.9. The maximum Gasteiger partial charge on any atom is 0.331 e. The molecule has 0 aliphatic rings. The Hall–Kier alpha value is -2.47. The Morgan fingerprint density at radius 3 is 2.82 bits per heavy atom. The number of thiophene rings is 1. The molecule has 114 valence electrons. The highest BCUT2D eigenvalue weighted by atomic mass is 32.1. The van der Waals surface area contributed by atoms with Crippen LogP contribution in [0.25, 0.3) is 6.08 Å². The van der Waals surface area contributed by atoms with E-state index in [1.54, 1.807) is 24.3 Å². The fourth-order valence-electron chi connectivity index (χ4n) is 1.61. The second-order valence-corrected chi connectivity index (χ2v) is 5.15. The first-order chi connectivity index (χ1) is 10.6. The summed E-state index contributed by atoms with van der Waals surface area (Å²) < 4.78 is 18.1. The molecular weight excluding hydrogens is 305 g/mol. The zero-order valence-corrected chi connectivity index (χ0v) is 12.4. The van der Waals surface area contributed by atoms with Gasteiger partial charge in [-0.3, -0.25) is 4.79 Å². The van der Waals surface area contributed by atoms with Crippen LogP contribution < -0.4 is 5.32 Å². The summed E-state index contributed by atoms with van der Waals surface area (Å²) in [6, 6.07) is 8.00. The summed E-state index contributed by atoms with van der Waals surface area (Å²) in [5.41, 5.74) is 1.27. The van der Waals surface area contributed by atoms with E-state index in [0.717, 1.165) is 5.56 Å². The maximum atomic E-state index is 13.3. The van der Waals surface area contributed by atoms with Gasteiger partial charge in [0.2, 0.25) is 0 Å². The van der Waals surface area contributed by atoms with Crippen LogP contribution in [0.4, 0.5) is 4.39 Å². The first-order valence-corrected chi connectivity index (χ1v) is 7.46. The van der Waals surface area contributed by atoms with E-state index in [9.17, 15) is 14.0 Å². The molecule has 1 aromatic carbocycles. The van der Waals surface area contributed by atoms with E-state index in [1.165, 1.54) is 23.5 Å². The molecule has 0 radical (unpaired) electrons. The maximum absolute atomic E-state index is 13.3. The lowest BCUT2D eigenvalue weighted by atomic mass is 10.2. The summed E-state index contributed by atoms with van der Waals surface area (Å²) in [5.74, 6) is -1.48. The van der Waals surface area contributed by atoms with Gasteiger partial charge in [0.25, 0.3) is 5.91 Å². The minimum absolute atomic E-state index is 0.0494. The molecule has 2 aromatic rings. The molecule has 1 aromatic heterocycles. The normalized spacial score (nSPS) is 10.6. The summed E-state index contributed by atoms with van der Waals surface area (Å²) in [5, 5.41) is 6.26. The second kappa shape index (κ2) is 8.09. The van der Waals surface area contributed by atoms with Crippen molar-refractivity contribution in [3.63, 3.8) is 0 Å². The molecule has 0 bridgehead atoms.